The van der Waals surface area contributed by atoms with Gasteiger partial charge in [-0.2, -0.15) is 0 Å². The summed E-state index contributed by atoms with van der Waals surface area (Å²) >= 11 is 0. The normalized spacial score (nSPS) is 16.6. The molecule has 4 nitrogen and oxygen atoms in total. The molecule has 0 fully saturated rings. The van der Waals surface area contributed by atoms with Gasteiger partial charge in [0.15, 0.2) is 0 Å². The fourth-order valence-corrected chi connectivity index (χ4v) is 2.71. The number of rotatable bonds is 4. The third-order valence-electron chi connectivity index (χ3n) is 4.09. The lowest BCUT2D eigenvalue weighted by Crippen LogP contribution is -2.26. The molecule has 1 amide bonds. The number of imidazole rings is 1. The van der Waals surface area contributed by atoms with Crippen molar-refractivity contribution in [1.82, 2.24) is 9.97 Å². The molecule has 2 N–H and O–H groups in total. The number of hydrogen-bond acceptors (Lipinski definition) is 2. The van der Waals surface area contributed by atoms with Gasteiger partial charge in [0.05, 0.1) is 16.4 Å². The minimum atomic E-state index is -0.476. The van der Waals surface area contributed by atoms with Crippen LogP contribution in [0.2, 0.25) is 0 Å². The summed E-state index contributed by atoms with van der Waals surface area (Å²) in [4.78, 5) is 19.9. The van der Waals surface area contributed by atoms with E-state index in [1.165, 1.54) is 0 Å². The number of fused-ring (bicyclic) bond motifs is 2. The quantitative estimate of drug-likeness (QED) is 0.841. The largest absolute Gasteiger partial charge is 0.342 e. The molecule has 0 unspecified atom stereocenters. The van der Waals surface area contributed by atoms with Crippen molar-refractivity contribution in [3.05, 3.63) is 35.7 Å². The second kappa shape index (κ2) is 5.02. The highest BCUT2D eigenvalue weighted by Crippen LogP contribution is 2.39. The summed E-state index contributed by atoms with van der Waals surface area (Å²) in [5.41, 5.74) is 3.35. The number of aromatic nitrogens is 2. The highest BCUT2D eigenvalue weighted by molar-refractivity contribution is 6.07. The maximum absolute atomic E-state index is 12.0. The molecule has 3 rings (SSSR count). The smallest absolute Gasteiger partial charge is 0.234 e. The number of allylic oxidation sites excluding steroid dienone is 2. The van der Waals surface area contributed by atoms with E-state index in [9.17, 15) is 4.79 Å². The summed E-state index contributed by atoms with van der Waals surface area (Å²) in [5, 5.41) is 2.94. The number of nitrogens with one attached hydrogen (secondary N) is 2. The van der Waals surface area contributed by atoms with Gasteiger partial charge in [-0.25, -0.2) is 4.98 Å². The van der Waals surface area contributed by atoms with Gasteiger partial charge in [0, 0.05) is 12.1 Å². The number of anilines is 1. The molecule has 0 aliphatic carbocycles. The summed E-state index contributed by atoms with van der Waals surface area (Å²) < 4.78 is 0. The average Bonchev–Trinajstić information content (AvgIpc) is 2.92. The first kappa shape index (κ1) is 13.9. The molecule has 110 valence electrons. The van der Waals surface area contributed by atoms with E-state index < -0.39 is 5.41 Å². The predicted octanol–water partition coefficient (Wildman–Crippen LogP) is 3.69. The molecule has 2 heterocycles. The molecule has 0 spiro atoms. The van der Waals surface area contributed by atoms with Crippen molar-refractivity contribution < 1.29 is 4.79 Å². The maximum Gasteiger partial charge on any atom is 0.234 e. The Morgan fingerprint density at radius 2 is 2.10 bits per heavy atom. The van der Waals surface area contributed by atoms with Crippen LogP contribution in [0, 0.1) is 0 Å². The zero-order valence-corrected chi connectivity index (χ0v) is 12.8. The minimum Gasteiger partial charge on any atom is -0.342 e. The number of hydrogen-bond donors (Lipinski definition) is 2. The Morgan fingerprint density at radius 3 is 2.86 bits per heavy atom. The van der Waals surface area contributed by atoms with Gasteiger partial charge in [-0.05, 0) is 38.0 Å². The van der Waals surface area contributed by atoms with Gasteiger partial charge >= 0.3 is 0 Å². The fourth-order valence-electron chi connectivity index (χ4n) is 2.71. The molecule has 21 heavy (non-hydrogen) atoms. The summed E-state index contributed by atoms with van der Waals surface area (Å²) in [6.07, 6.45) is 7.43. The molecular weight excluding hydrogens is 262 g/mol. The van der Waals surface area contributed by atoms with E-state index in [4.69, 9.17) is 0 Å². The van der Waals surface area contributed by atoms with Gasteiger partial charge in [-0.15, -0.1) is 0 Å². The summed E-state index contributed by atoms with van der Waals surface area (Å²) in [5.74, 6) is 1.01. The van der Waals surface area contributed by atoms with Crippen LogP contribution in [-0.2, 0) is 16.6 Å². The second-order valence-corrected chi connectivity index (χ2v) is 6.14. The van der Waals surface area contributed by atoms with Crippen molar-refractivity contribution in [1.29, 1.82) is 0 Å². The molecular formula is C17H21N3O. The van der Waals surface area contributed by atoms with Crippen molar-refractivity contribution in [2.75, 3.05) is 5.32 Å². The highest BCUT2D eigenvalue weighted by Gasteiger charge is 2.38. The van der Waals surface area contributed by atoms with Crippen LogP contribution >= 0.6 is 0 Å². The molecule has 0 atom stereocenters. The maximum atomic E-state index is 12.0. The molecule has 0 radical (unpaired) electrons. The molecule has 0 bridgehead atoms. The third-order valence-corrected chi connectivity index (χ3v) is 4.09. The third kappa shape index (κ3) is 2.35. The van der Waals surface area contributed by atoms with E-state index in [1.54, 1.807) is 0 Å². The number of H-pyrrole nitrogens is 1. The second-order valence-electron chi connectivity index (χ2n) is 6.14. The molecule has 1 aromatic carbocycles. The zero-order valence-electron chi connectivity index (χ0n) is 12.8. The van der Waals surface area contributed by atoms with E-state index >= 15 is 0 Å². The van der Waals surface area contributed by atoms with Crippen molar-refractivity contribution in [3.8, 4) is 0 Å². The van der Waals surface area contributed by atoms with Crippen LogP contribution in [0.1, 0.15) is 45.0 Å². The highest BCUT2D eigenvalue weighted by atomic mass is 16.2. The number of carbonyl (C=O) groups is 1. The number of aromatic amines is 1. The summed E-state index contributed by atoms with van der Waals surface area (Å²) in [6, 6.07) is 4.02. The Labute approximate surface area is 124 Å². The van der Waals surface area contributed by atoms with Gasteiger partial charge in [0.1, 0.15) is 5.82 Å². The van der Waals surface area contributed by atoms with Crippen molar-refractivity contribution in [3.63, 3.8) is 0 Å². The first-order chi connectivity index (χ1) is 10.0. The van der Waals surface area contributed by atoms with Gasteiger partial charge in [-0.3, -0.25) is 4.79 Å². The first-order valence-electron chi connectivity index (χ1n) is 7.52. The molecule has 0 saturated heterocycles. The van der Waals surface area contributed by atoms with Gasteiger partial charge in [0.25, 0.3) is 0 Å². The lowest BCUT2D eigenvalue weighted by Gasteiger charge is -2.14. The Kier molecular flexibility index (Phi) is 3.32. The Morgan fingerprint density at radius 1 is 1.29 bits per heavy atom. The standard InChI is InChI=1S/C17H21N3O/c1-4-5-6-7-8-15-18-13-9-11-12(10-14(13)19-15)20-16(21)17(11,2)3/h6-7,9-10H,4-5,8H2,1-3H3,(H,18,19)(H,20,21)/b7-6+. The Hall–Kier alpha value is -2.10. The van der Waals surface area contributed by atoms with Crippen LogP contribution in [0.5, 0.6) is 0 Å². The lowest BCUT2D eigenvalue weighted by atomic mass is 9.86. The van der Waals surface area contributed by atoms with E-state index in [0.717, 1.165) is 47.4 Å². The topological polar surface area (TPSA) is 57.8 Å². The van der Waals surface area contributed by atoms with Gasteiger partial charge in [0.2, 0.25) is 5.91 Å². The van der Waals surface area contributed by atoms with Crippen molar-refractivity contribution >= 4 is 22.6 Å². The minimum absolute atomic E-state index is 0.0490. The number of benzene rings is 1. The first-order valence-corrected chi connectivity index (χ1v) is 7.52. The molecule has 2 aromatic rings. The molecule has 1 aromatic heterocycles. The van der Waals surface area contributed by atoms with Crippen LogP contribution in [0.15, 0.2) is 24.3 Å². The SMILES string of the molecule is CCC/C=C/Cc1nc2cc3c(cc2[nH]1)C(C)(C)C(=O)N3. The van der Waals surface area contributed by atoms with Crippen molar-refractivity contribution in [2.24, 2.45) is 0 Å². The number of unbranched alkanes of at least 4 members (excludes halogenated alkanes) is 1. The van der Waals surface area contributed by atoms with Crippen LogP contribution < -0.4 is 5.32 Å². The molecule has 4 heteroatoms. The monoisotopic (exact) mass is 283 g/mol. The molecule has 1 aliphatic rings. The number of nitrogens with zero attached hydrogens (tertiary/aromatic N) is 1. The van der Waals surface area contributed by atoms with E-state index in [1.807, 2.05) is 19.9 Å². The molecule has 1 aliphatic heterocycles. The van der Waals surface area contributed by atoms with E-state index in [2.05, 4.69) is 40.4 Å². The van der Waals surface area contributed by atoms with Crippen LogP contribution in [0.4, 0.5) is 5.69 Å². The Balaban J connectivity index is 1.93. The lowest BCUT2D eigenvalue weighted by molar-refractivity contribution is -0.119. The number of carbonyl (C=O) groups excluding carboxylic acids is 1. The number of amides is 1. The summed E-state index contributed by atoms with van der Waals surface area (Å²) in [7, 11) is 0. The van der Waals surface area contributed by atoms with E-state index in [-0.39, 0.29) is 5.91 Å². The zero-order chi connectivity index (χ0) is 15.0. The Bertz CT molecular complexity index is 725. The average molecular weight is 283 g/mol. The predicted molar refractivity (Wildman–Crippen MR) is 85.5 cm³/mol. The van der Waals surface area contributed by atoms with Crippen LogP contribution in [0.3, 0.4) is 0 Å². The van der Waals surface area contributed by atoms with Crippen LogP contribution in [-0.4, -0.2) is 15.9 Å². The van der Waals surface area contributed by atoms with Gasteiger partial charge in [-0.1, -0.05) is 25.5 Å². The molecule has 0 saturated carbocycles. The van der Waals surface area contributed by atoms with Crippen LogP contribution in [0.25, 0.3) is 11.0 Å². The fraction of sp³-hybridized carbons (Fsp3) is 0.412. The van der Waals surface area contributed by atoms with Gasteiger partial charge < -0.3 is 10.3 Å². The summed E-state index contributed by atoms with van der Waals surface area (Å²) in [6.45, 7) is 6.07. The van der Waals surface area contributed by atoms with E-state index in [0.29, 0.717) is 0 Å². The van der Waals surface area contributed by atoms with Crippen molar-refractivity contribution in [2.45, 2.75) is 45.4 Å².